The summed E-state index contributed by atoms with van der Waals surface area (Å²) in [5.74, 6) is 0.758. The molecule has 0 spiro atoms. The van der Waals surface area contributed by atoms with Crippen LogP contribution in [0.2, 0.25) is 5.02 Å². The fourth-order valence-corrected chi connectivity index (χ4v) is 3.36. The van der Waals surface area contributed by atoms with E-state index in [1.807, 2.05) is 58.9 Å². The van der Waals surface area contributed by atoms with Gasteiger partial charge in [0.2, 0.25) is 0 Å². The quantitative estimate of drug-likeness (QED) is 0.551. The number of phenols is 1. The maximum absolute atomic E-state index is 9.90. The second-order valence-corrected chi connectivity index (χ2v) is 7.50. The first-order chi connectivity index (χ1) is 13.3. The van der Waals surface area contributed by atoms with E-state index in [2.05, 4.69) is 17.5 Å². The lowest BCUT2D eigenvalue weighted by Crippen LogP contribution is -2.31. The lowest BCUT2D eigenvalue weighted by Gasteiger charge is -2.34. The highest BCUT2D eigenvalue weighted by atomic mass is 35.5. The van der Waals surface area contributed by atoms with Crippen LogP contribution in [0.5, 0.6) is 5.75 Å². The van der Waals surface area contributed by atoms with E-state index >= 15 is 0 Å². The highest BCUT2D eigenvalue weighted by Gasteiger charge is 2.22. The summed E-state index contributed by atoms with van der Waals surface area (Å²) < 4.78 is 0. The number of nitrogens with zero attached hydrogens (tertiary/aromatic N) is 1. The molecule has 154 valence electrons. The number of nitrogen functional groups attached to an aromatic ring is 1. The SMILES string of the molecule is C=C(C)N1CCC(c2ccc(Cl)cc2O)CC1.CC.Cc1ccc(C)c(N)c1. The second-order valence-electron chi connectivity index (χ2n) is 7.06. The molecule has 0 unspecified atom stereocenters. The van der Waals surface area contributed by atoms with Gasteiger partial charge in [0.05, 0.1) is 0 Å². The number of piperidine rings is 1. The minimum Gasteiger partial charge on any atom is -0.508 e. The normalized spacial score (nSPS) is 13.7. The van der Waals surface area contributed by atoms with Crippen molar-refractivity contribution < 1.29 is 5.11 Å². The molecule has 2 aromatic carbocycles. The molecule has 1 saturated heterocycles. The fraction of sp³-hybridized carbons (Fsp3) is 0.417. The molecular formula is C24H35ClN2O. The van der Waals surface area contributed by atoms with Crippen LogP contribution in [0.3, 0.4) is 0 Å². The summed E-state index contributed by atoms with van der Waals surface area (Å²) in [7, 11) is 0. The summed E-state index contributed by atoms with van der Waals surface area (Å²) in [5.41, 5.74) is 11.0. The van der Waals surface area contributed by atoms with Crippen molar-refractivity contribution in [3.8, 4) is 5.75 Å². The molecule has 1 aliphatic rings. The number of hydrogen-bond acceptors (Lipinski definition) is 3. The number of aromatic hydroxyl groups is 1. The van der Waals surface area contributed by atoms with Crippen LogP contribution in [0.15, 0.2) is 48.7 Å². The Morgan fingerprint density at radius 2 is 1.71 bits per heavy atom. The molecule has 0 aromatic heterocycles. The van der Waals surface area contributed by atoms with Crippen molar-refractivity contribution in [1.82, 2.24) is 4.90 Å². The Bertz CT molecular complexity index is 765. The Morgan fingerprint density at radius 1 is 1.11 bits per heavy atom. The van der Waals surface area contributed by atoms with Crippen LogP contribution < -0.4 is 5.73 Å². The Labute approximate surface area is 175 Å². The van der Waals surface area contributed by atoms with E-state index < -0.39 is 0 Å². The molecule has 3 rings (SSSR count). The first kappa shape index (κ1) is 23.9. The topological polar surface area (TPSA) is 49.5 Å². The summed E-state index contributed by atoms with van der Waals surface area (Å²) in [6, 6.07) is 11.5. The molecule has 2 aromatic rings. The maximum Gasteiger partial charge on any atom is 0.120 e. The van der Waals surface area contributed by atoms with Gasteiger partial charge in [-0.2, -0.15) is 0 Å². The van der Waals surface area contributed by atoms with Crippen molar-refractivity contribution in [2.24, 2.45) is 0 Å². The van der Waals surface area contributed by atoms with E-state index in [0.29, 0.717) is 16.7 Å². The van der Waals surface area contributed by atoms with Crippen molar-refractivity contribution in [2.75, 3.05) is 18.8 Å². The standard InChI is InChI=1S/C14H18ClNO.C8H11N.C2H6/c1-10(2)16-7-5-11(6-8-16)13-4-3-12(15)9-14(13)17;1-6-3-4-7(2)8(9)5-6;1-2/h3-4,9,11,17H,1,5-8H2,2H3;3-5H,9H2,1-2H3;1-2H3. The van der Waals surface area contributed by atoms with Crippen LogP contribution >= 0.6 is 11.6 Å². The molecule has 0 bridgehead atoms. The summed E-state index contributed by atoms with van der Waals surface area (Å²) in [5, 5.41) is 10.5. The van der Waals surface area contributed by atoms with Crippen LogP contribution in [0.4, 0.5) is 5.69 Å². The van der Waals surface area contributed by atoms with Gasteiger partial charge < -0.3 is 15.7 Å². The molecule has 3 N–H and O–H groups in total. The molecule has 28 heavy (non-hydrogen) atoms. The molecule has 3 nitrogen and oxygen atoms in total. The zero-order valence-electron chi connectivity index (χ0n) is 17.9. The molecule has 4 heteroatoms. The monoisotopic (exact) mass is 402 g/mol. The van der Waals surface area contributed by atoms with Crippen molar-refractivity contribution >= 4 is 17.3 Å². The van der Waals surface area contributed by atoms with Crippen molar-refractivity contribution in [3.05, 3.63) is 70.4 Å². The van der Waals surface area contributed by atoms with Crippen molar-refractivity contribution in [2.45, 2.75) is 53.4 Å². The fourth-order valence-electron chi connectivity index (χ4n) is 3.19. The molecular weight excluding hydrogens is 368 g/mol. The van der Waals surface area contributed by atoms with Crippen LogP contribution in [0.1, 0.15) is 56.2 Å². The highest BCUT2D eigenvalue weighted by molar-refractivity contribution is 6.30. The number of halogens is 1. The van der Waals surface area contributed by atoms with E-state index in [4.69, 9.17) is 17.3 Å². The Kier molecular flexibility index (Phi) is 9.95. The van der Waals surface area contributed by atoms with Crippen LogP contribution in [-0.4, -0.2) is 23.1 Å². The first-order valence-corrected chi connectivity index (χ1v) is 10.4. The van der Waals surface area contributed by atoms with Crippen LogP contribution in [0.25, 0.3) is 0 Å². The minimum atomic E-state index is 0.325. The number of aryl methyl sites for hydroxylation is 2. The summed E-state index contributed by atoms with van der Waals surface area (Å²) in [6.45, 7) is 16.1. The third-order valence-corrected chi connectivity index (χ3v) is 5.14. The summed E-state index contributed by atoms with van der Waals surface area (Å²) in [4.78, 5) is 2.30. The van der Waals surface area contributed by atoms with E-state index in [-0.39, 0.29) is 0 Å². The number of nitrogens with two attached hydrogens (primary N) is 1. The third-order valence-electron chi connectivity index (χ3n) is 4.90. The van der Waals surface area contributed by atoms with Crippen molar-refractivity contribution in [1.29, 1.82) is 0 Å². The third kappa shape index (κ3) is 7.12. The zero-order chi connectivity index (χ0) is 21.3. The van der Waals surface area contributed by atoms with Gasteiger partial charge in [-0.3, -0.25) is 0 Å². The van der Waals surface area contributed by atoms with Crippen molar-refractivity contribution in [3.63, 3.8) is 0 Å². The van der Waals surface area contributed by atoms with Gasteiger partial charge in [-0.05, 0) is 74.4 Å². The van der Waals surface area contributed by atoms with Gasteiger partial charge in [-0.25, -0.2) is 0 Å². The maximum atomic E-state index is 9.90. The van der Waals surface area contributed by atoms with E-state index in [9.17, 15) is 5.11 Å². The number of rotatable bonds is 2. The average Bonchev–Trinajstić information content (AvgIpc) is 2.67. The molecule has 0 radical (unpaired) electrons. The van der Waals surface area contributed by atoms with E-state index in [1.54, 1.807) is 6.07 Å². The number of anilines is 1. The van der Waals surface area contributed by atoms with Crippen LogP contribution in [-0.2, 0) is 0 Å². The molecule has 1 fully saturated rings. The summed E-state index contributed by atoms with van der Waals surface area (Å²) in [6.07, 6.45) is 2.12. The first-order valence-electron chi connectivity index (χ1n) is 9.99. The lowest BCUT2D eigenvalue weighted by molar-refractivity contribution is 0.262. The molecule has 0 atom stereocenters. The van der Waals surface area contributed by atoms with Gasteiger partial charge in [-0.1, -0.05) is 50.2 Å². The van der Waals surface area contributed by atoms with Crippen LogP contribution in [0, 0.1) is 13.8 Å². The predicted octanol–water partition coefficient (Wildman–Crippen LogP) is 6.67. The molecule has 0 saturated carbocycles. The number of hydrogen-bond donors (Lipinski definition) is 2. The predicted molar refractivity (Wildman–Crippen MR) is 123 cm³/mol. The van der Waals surface area contributed by atoms with Gasteiger partial charge in [-0.15, -0.1) is 0 Å². The van der Waals surface area contributed by atoms with Gasteiger partial charge in [0, 0.05) is 29.5 Å². The van der Waals surface area contributed by atoms with Gasteiger partial charge in [0.15, 0.2) is 0 Å². The highest BCUT2D eigenvalue weighted by Crippen LogP contribution is 2.35. The lowest BCUT2D eigenvalue weighted by atomic mass is 9.89. The smallest absolute Gasteiger partial charge is 0.120 e. The number of likely N-dealkylation sites (tertiary alicyclic amines) is 1. The largest absolute Gasteiger partial charge is 0.508 e. The van der Waals surface area contributed by atoms with E-state index in [1.165, 1.54) is 5.56 Å². The number of phenolic OH excluding ortho intramolecular Hbond substituents is 1. The molecule has 0 amide bonds. The number of allylic oxidation sites excluding steroid dienone is 1. The molecule has 1 heterocycles. The Hall–Kier alpha value is -2.13. The van der Waals surface area contributed by atoms with E-state index in [0.717, 1.165) is 48.4 Å². The minimum absolute atomic E-state index is 0.325. The summed E-state index contributed by atoms with van der Waals surface area (Å²) >= 11 is 5.84. The van der Waals surface area contributed by atoms with Gasteiger partial charge >= 0.3 is 0 Å². The van der Waals surface area contributed by atoms with Gasteiger partial charge in [0.25, 0.3) is 0 Å². The van der Waals surface area contributed by atoms with Gasteiger partial charge in [0.1, 0.15) is 5.75 Å². The Balaban J connectivity index is 0.000000301. The Morgan fingerprint density at radius 3 is 2.18 bits per heavy atom. The number of benzene rings is 2. The second kappa shape index (κ2) is 11.7. The zero-order valence-corrected chi connectivity index (χ0v) is 18.7. The molecule has 0 aliphatic carbocycles. The average molecular weight is 403 g/mol. The molecule has 1 aliphatic heterocycles.